The smallest absolute Gasteiger partial charge is 0.167 e. The lowest BCUT2D eigenvalue weighted by Crippen LogP contribution is -2.06. The van der Waals surface area contributed by atoms with Crippen molar-refractivity contribution in [1.29, 1.82) is 0 Å². The maximum Gasteiger partial charge on any atom is 0.167 e. The van der Waals surface area contributed by atoms with Crippen molar-refractivity contribution in [3.05, 3.63) is 64.7 Å². The van der Waals surface area contributed by atoms with Gasteiger partial charge in [0.15, 0.2) is 5.78 Å². The zero-order valence-electron chi connectivity index (χ0n) is 10.4. The number of carbonyl (C=O) groups is 1. The van der Waals surface area contributed by atoms with Crippen LogP contribution in [0.3, 0.4) is 0 Å². The molecule has 0 saturated heterocycles. The van der Waals surface area contributed by atoms with Gasteiger partial charge in [-0.25, -0.2) is 8.78 Å². The average molecular weight is 261 g/mol. The van der Waals surface area contributed by atoms with E-state index < -0.39 is 11.6 Å². The Balaban J connectivity index is 2.25. The van der Waals surface area contributed by atoms with E-state index in [1.807, 2.05) is 0 Å². The van der Waals surface area contributed by atoms with E-state index in [2.05, 4.69) is 0 Å². The first-order valence-corrected chi connectivity index (χ1v) is 5.80. The summed E-state index contributed by atoms with van der Waals surface area (Å²) in [4.78, 5) is 12.0. The summed E-state index contributed by atoms with van der Waals surface area (Å²) < 4.78 is 26.4. The van der Waals surface area contributed by atoms with E-state index in [0.717, 1.165) is 11.6 Å². The van der Waals surface area contributed by atoms with Crippen LogP contribution in [0.2, 0.25) is 0 Å². The molecule has 4 heteroatoms. The number of carbonyl (C=O) groups excluding carboxylic acids is 1. The molecule has 0 aliphatic carbocycles. The summed E-state index contributed by atoms with van der Waals surface area (Å²) in [7, 11) is 0. The highest BCUT2D eigenvalue weighted by Gasteiger charge is 2.11. The van der Waals surface area contributed by atoms with Gasteiger partial charge in [-0.3, -0.25) is 4.79 Å². The van der Waals surface area contributed by atoms with Crippen LogP contribution in [0.1, 0.15) is 21.5 Å². The molecule has 0 atom stereocenters. The minimum absolute atomic E-state index is 0.00140. The fraction of sp³-hybridized carbons (Fsp3) is 0.133. The Morgan fingerprint density at radius 1 is 1.16 bits per heavy atom. The highest BCUT2D eigenvalue weighted by atomic mass is 19.1. The van der Waals surface area contributed by atoms with Crippen molar-refractivity contribution < 1.29 is 13.6 Å². The highest BCUT2D eigenvalue weighted by molar-refractivity contribution is 5.97. The fourth-order valence-electron chi connectivity index (χ4n) is 1.81. The molecule has 2 rings (SSSR count). The predicted molar refractivity (Wildman–Crippen MR) is 70.0 cm³/mol. The zero-order chi connectivity index (χ0) is 14.0. The summed E-state index contributed by atoms with van der Waals surface area (Å²) in [6.45, 7) is 1.80. The number of halogens is 2. The monoisotopic (exact) mass is 261 g/mol. The van der Waals surface area contributed by atoms with Gasteiger partial charge in [-0.2, -0.15) is 0 Å². The molecule has 0 spiro atoms. The first kappa shape index (κ1) is 13.2. The van der Waals surface area contributed by atoms with E-state index >= 15 is 0 Å². The van der Waals surface area contributed by atoms with Gasteiger partial charge in [-0.1, -0.05) is 6.07 Å². The Labute approximate surface area is 109 Å². The number of ketones is 1. The first-order chi connectivity index (χ1) is 8.97. The molecule has 0 amide bonds. The summed E-state index contributed by atoms with van der Waals surface area (Å²) >= 11 is 0. The van der Waals surface area contributed by atoms with E-state index in [1.165, 1.54) is 24.3 Å². The third kappa shape index (κ3) is 2.96. The molecule has 19 heavy (non-hydrogen) atoms. The Hall–Kier alpha value is -2.23. The van der Waals surface area contributed by atoms with Gasteiger partial charge in [0.05, 0.1) is 5.69 Å². The second-order valence-corrected chi connectivity index (χ2v) is 4.41. The van der Waals surface area contributed by atoms with Crippen LogP contribution >= 0.6 is 0 Å². The molecule has 0 radical (unpaired) electrons. The van der Waals surface area contributed by atoms with Gasteiger partial charge in [-0.05, 0) is 48.4 Å². The molecule has 0 aliphatic rings. The van der Waals surface area contributed by atoms with Crippen LogP contribution in [0.5, 0.6) is 0 Å². The maximum atomic E-state index is 13.3. The minimum atomic E-state index is -0.623. The van der Waals surface area contributed by atoms with Crippen molar-refractivity contribution in [2.45, 2.75) is 13.3 Å². The molecule has 0 fully saturated rings. The SMILES string of the molecule is Cc1ccc(F)cc1CC(=O)c1ccc(N)c(F)c1. The predicted octanol–water partition coefficient (Wildman–Crippen LogP) is 3.28. The molecule has 0 bridgehead atoms. The van der Waals surface area contributed by atoms with Crippen LogP contribution < -0.4 is 5.73 Å². The number of hydrogen-bond donors (Lipinski definition) is 1. The molecule has 2 aromatic carbocycles. The molecule has 0 unspecified atom stereocenters. The molecule has 0 aliphatic heterocycles. The second-order valence-electron chi connectivity index (χ2n) is 4.41. The number of Topliss-reactive ketones (excluding diaryl/α,β-unsaturated/α-hetero) is 1. The van der Waals surface area contributed by atoms with Gasteiger partial charge in [-0.15, -0.1) is 0 Å². The van der Waals surface area contributed by atoms with Crippen LogP contribution in [-0.4, -0.2) is 5.78 Å². The average Bonchev–Trinajstić information content (AvgIpc) is 2.37. The van der Waals surface area contributed by atoms with Crippen molar-refractivity contribution in [2.75, 3.05) is 5.73 Å². The van der Waals surface area contributed by atoms with Crippen molar-refractivity contribution in [1.82, 2.24) is 0 Å². The topological polar surface area (TPSA) is 43.1 Å². The van der Waals surface area contributed by atoms with Gasteiger partial charge >= 0.3 is 0 Å². The van der Waals surface area contributed by atoms with Crippen molar-refractivity contribution in [3.63, 3.8) is 0 Å². The summed E-state index contributed by atoms with van der Waals surface area (Å²) in [5.41, 5.74) is 7.00. The number of aryl methyl sites for hydroxylation is 1. The molecule has 0 saturated carbocycles. The summed E-state index contributed by atoms with van der Waals surface area (Å²) in [6, 6.07) is 8.19. The number of nitrogen functional groups attached to an aromatic ring is 1. The van der Waals surface area contributed by atoms with Gasteiger partial charge in [0.2, 0.25) is 0 Å². The normalized spacial score (nSPS) is 10.5. The molecule has 2 N–H and O–H groups in total. The van der Waals surface area contributed by atoms with Gasteiger partial charge in [0.25, 0.3) is 0 Å². The first-order valence-electron chi connectivity index (χ1n) is 5.80. The molecular weight excluding hydrogens is 248 g/mol. The van der Waals surface area contributed by atoms with Crippen LogP contribution in [-0.2, 0) is 6.42 Å². The van der Waals surface area contributed by atoms with E-state index in [-0.39, 0.29) is 23.5 Å². The second kappa shape index (κ2) is 5.18. The standard InChI is InChI=1S/C15H13F2NO/c1-9-2-4-12(16)6-11(9)8-15(19)10-3-5-14(18)13(17)7-10/h2-7H,8,18H2,1H3. The Morgan fingerprint density at radius 3 is 2.58 bits per heavy atom. The number of rotatable bonds is 3. The number of benzene rings is 2. The Morgan fingerprint density at radius 2 is 1.89 bits per heavy atom. The quantitative estimate of drug-likeness (QED) is 0.680. The highest BCUT2D eigenvalue weighted by Crippen LogP contribution is 2.16. The van der Waals surface area contributed by atoms with E-state index in [0.29, 0.717) is 5.56 Å². The Kier molecular flexibility index (Phi) is 3.60. The zero-order valence-corrected chi connectivity index (χ0v) is 10.4. The maximum absolute atomic E-state index is 13.3. The van der Waals surface area contributed by atoms with Crippen LogP contribution in [0, 0.1) is 18.6 Å². The van der Waals surface area contributed by atoms with E-state index in [9.17, 15) is 13.6 Å². The summed E-state index contributed by atoms with van der Waals surface area (Å²) in [5.74, 6) is -1.29. The van der Waals surface area contributed by atoms with Crippen LogP contribution in [0.25, 0.3) is 0 Å². The van der Waals surface area contributed by atoms with Crippen molar-refractivity contribution >= 4 is 11.5 Å². The lowest BCUT2D eigenvalue weighted by Gasteiger charge is -2.06. The molecule has 0 heterocycles. The number of hydrogen-bond acceptors (Lipinski definition) is 2. The molecule has 2 aromatic rings. The van der Waals surface area contributed by atoms with Gasteiger partial charge in [0.1, 0.15) is 11.6 Å². The molecule has 0 aromatic heterocycles. The van der Waals surface area contributed by atoms with Crippen LogP contribution in [0.4, 0.5) is 14.5 Å². The number of nitrogens with two attached hydrogens (primary N) is 1. The number of anilines is 1. The third-order valence-electron chi connectivity index (χ3n) is 2.98. The largest absolute Gasteiger partial charge is 0.396 e. The fourth-order valence-corrected chi connectivity index (χ4v) is 1.81. The lowest BCUT2D eigenvalue weighted by molar-refractivity contribution is 0.0992. The van der Waals surface area contributed by atoms with E-state index in [1.54, 1.807) is 13.0 Å². The molecular formula is C15H13F2NO. The summed E-state index contributed by atoms with van der Waals surface area (Å²) in [5, 5.41) is 0. The van der Waals surface area contributed by atoms with Crippen LogP contribution in [0.15, 0.2) is 36.4 Å². The van der Waals surface area contributed by atoms with Gasteiger partial charge in [0, 0.05) is 12.0 Å². The van der Waals surface area contributed by atoms with E-state index in [4.69, 9.17) is 5.73 Å². The molecule has 98 valence electrons. The summed E-state index contributed by atoms with van der Waals surface area (Å²) in [6.07, 6.45) is 0.0347. The molecule has 2 nitrogen and oxygen atoms in total. The van der Waals surface area contributed by atoms with Gasteiger partial charge < -0.3 is 5.73 Å². The third-order valence-corrected chi connectivity index (χ3v) is 2.98. The Bertz CT molecular complexity index is 638. The van der Waals surface area contributed by atoms with Crippen molar-refractivity contribution in [3.8, 4) is 0 Å². The minimum Gasteiger partial charge on any atom is -0.396 e. The van der Waals surface area contributed by atoms with Crippen molar-refractivity contribution in [2.24, 2.45) is 0 Å². The lowest BCUT2D eigenvalue weighted by atomic mass is 9.99.